The summed E-state index contributed by atoms with van der Waals surface area (Å²) in [6, 6.07) is 0. The second-order valence-corrected chi connectivity index (χ2v) is 4.63. The maximum Gasteiger partial charge on any atom is 0.224 e. The van der Waals surface area contributed by atoms with Crippen LogP contribution in [0.4, 0.5) is 0 Å². The summed E-state index contributed by atoms with van der Waals surface area (Å²) in [5, 5.41) is -0.169. The van der Waals surface area contributed by atoms with Crippen molar-refractivity contribution in [1.29, 1.82) is 0 Å². The third-order valence-electron chi connectivity index (χ3n) is 1.83. The van der Waals surface area contributed by atoms with Crippen molar-refractivity contribution in [3.8, 4) is 0 Å². The topological polar surface area (TPSA) is 17.1 Å². The van der Waals surface area contributed by atoms with Crippen molar-refractivity contribution >= 4 is 16.8 Å². The van der Waals surface area contributed by atoms with E-state index < -0.39 is 0 Å². The van der Waals surface area contributed by atoms with Crippen LogP contribution in [0.25, 0.3) is 0 Å². The van der Waals surface area contributed by atoms with Gasteiger partial charge in [0.25, 0.3) is 0 Å². The number of carbonyl (C=O) groups excluding carboxylic acids is 1. The molecule has 0 aromatic rings. The minimum atomic E-state index is -0.169. The Kier molecular flexibility index (Phi) is 5.56. The number of hydrogen-bond donors (Lipinski definition) is 0. The average Bonchev–Trinajstić information content (AvgIpc) is 1.83. The van der Waals surface area contributed by atoms with Gasteiger partial charge in [-0.15, -0.1) is 0 Å². The molecule has 0 N–H and O–H groups in total. The van der Waals surface area contributed by atoms with Gasteiger partial charge in [-0.05, 0) is 36.3 Å². The first-order valence-electron chi connectivity index (χ1n) is 4.62. The summed E-state index contributed by atoms with van der Waals surface area (Å²) < 4.78 is 0. The maximum atomic E-state index is 11.0. The van der Waals surface area contributed by atoms with Crippen molar-refractivity contribution in [2.75, 3.05) is 0 Å². The zero-order valence-electron chi connectivity index (χ0n) is 8.43. The molecule has 0 atom stereocenters. The first kappa shape index (κ1) is 12.0. The van der Waals surface area contributed by atoms with Crippen LogP contribution in [0.2, 0.25) is 0 Å². The fraction of sp³-hybridized carbons (Fsp3) is 0.900. The molecule has 0 heterocycles. The van der Waals surface area contributed by atoms with Crippen molar-refractivity contribution < 1.29 is 4.79 Å². The molecule has 12 heavy (non-hydrogen) atoms. The third-order valence-corrected chi connectivity index (χ3v) is 2.14. The standard InChI is InChI=1S/C10H19ClO/c1-7(2)5-9(10(11)12)6-8(3)4/h7-9H,5-6H2,1-4H3. The highest BCUT2D eigenvalue weighted by Crippen LogP contribution is 2.22. The summed E-state index contributed by atoms with van der Waals surface area (Å²) in [5.74, 6) is 1.17. The van der Waals surface area contributed by atoms with E-state index in [-0.39, 0.29) is 11.2 Å². The SMILES string of the molecule is CC(C)CC(CC(C)C)C(=O)Cl. The molecule has 0 aromatic heterocycles. The molecule has 0 radical (unpaired) electrons. The summed E-state index contributed by atoms with van der Waals surface area (Å²) in [7, 11) is 0. The molecule has 0 amide bonds. The van der Waals surface area contributed by atoms with Crippen molar-refractivity contribution in [3.63, 3.8) is 0 Å². The summed E-state index contributed by atoms with van der Waals surface area (Å²) in [6.45, 7) is 8.47. The van der Waals surface area contributed by atoms with Crippen LogP contribution in [-0.2, 0) is 4.79 Å². The Morgan fingerprint density at radius 3 is 1.58 bits per heavy atom. The second kappa shape index (κ2) is 5.58. The van der Waals surface area contributed by atoms with Crippen LogP contribution < -0.4 is 0 Å². The molecule has 72 valence electrons. The van der Waals surface area contributed by atoms with Gasteiger partial charge in [0, 0.05) is 5.92 Å². The lowest BCUT2D eigenvalue weighted by molar-refractivity contribution is -0.116. The molecule has 0 saturated heterocycles. The Labute approximate surface area is 80.5 Å². The number of halogens is 1. The maximum absolute atomic E-state index is 11.0. The average molecular weight is 191 g/mol. The zero-order valence-corrected chi connectivity index (χ0v) is 9.19. The molecule has 0 bridgehead atoms. The largest absolute Gasteiger partial charge is 0.281 e. The quantitative estimate of drug-likeness (QED) is 0.607. The van der Waals surface area contributed by atoms with Crippen molar-refractivity contribution in [2.24, 2.45) is 17.8 Å². The van der Waals surface area contributed by atoms with Gasteiger partial charge in [0.15, 0.2) is 0 Å². The van der Waals surface area contributed by atoms with Crippen LogP contribution >= 0.6 is 11.6 Å². The first-order valence-corrected chi connectivity index (χ1v) is 5.00. The van der Waals surface area contributed by atoms with E-state index in [2.05, 4.69) is 27.7 Å². The van der Waals surface area contributed by atoms with Gasteiger partial charge in [0.1, 0.15) is 0 Å². The van der Waals surface area contributed by atoms with Gasteiger partial charge in [-0.2, -0.15) is 0 Å². The minimum Gasteiger partial charge on any atom is -0.281 e. The third kappa shape index (κ3) is 5.59. The summed E-state index contributed by atoms with van der Waals surface area (Å²) >= 11 is 5.49. The van der Waals surface area contributed by atoms with Gasteiger partial charge >= 0.3 is 0 Å². The van der Waals surface area contributed by atoms with Gasteiger partial charge in [-0.3, -0.25) is 4.79 Å². The van der Waals surface area contributed by atoms with Gasteiger partial charge < -0.3 is 0 Å². The molecule has 0 fully saturated rings. The van der Waals surface area contributed by atoms with E-state index in [0.717, 1.165) is 12.8 Å². The van der Waals surface area contributed by atoms with E-state index in [4.69, 9.17) is 11.6 Å². The van der Waals surface area contributed by atoms with Gasteiger partial charge in [0.05, 0.1) is 0 Å². The number of hydrogen-bond acceptors (Lipinski definition) is 1. The molecule has 0 spiro atoms. The van der Waals surface area contributed by atoms with Crippen molar-refractivity contribution in [1.82, 2.24) is 0 Å². The van der Waals surface area contributed by atoms with Crippen molar-refractivity contribution in [2.45, 2.75) is 40.5 Å². The fourth-order valence-electron chi connectivity index (χ4n) is 1.42. The highest BCUT2D eigenvalue weighted by atomic mass is 35.5. The summed E-state index contributed by atoms with van der Waals surface area (Å²) in [4.78, 5) is 11.0. The normalized spacial score (nSPS) is 11.7. The predicted molar refractivity (Wildman–Crippen MR) is 53.3 cm³/mol. The molecular formula is C10H19ClO. The molecule has 0 unspecified atom stereocenters. The Morgan fingerprint density at radius 1 is 1.08 bits per heavy atom. The lowest BCUT2D eigenvalue weighted by atomic mass is 9.90. The van der Waals surface area contributed by atoms with Crippen LogP contribution in [0.3, 0.4) is 0 Å². The number of carbonyl (C=O) groups is 1. The molecule has 0 aliphatic heterocycles. The van der Waals surface area contributed by atoms with E-state index in [1.165, 1.54) is 0 Å². The summed E-state index contributed by atoms with van der Waals surface area (Å²) in [6.07, 6.45) is 1.83. The van der Waals surface area contributed by atoms with Crippen LogP contribution in [0.1, 0.15) is 40.5 Å². The van der Waals surface area contributed by atoms with Crippen molar-refractivity contribution in [3.05, 3.63) is 0 Å². The first-order chi connectivity index (χ1) is 5.43. The van der Waals surface area contributed by atoms with E-state index in [0.29, 0.717) is 11.8 Å². The Balaban J connectivity index is 3.96. The molecule has 2 heteroatoms. The van der Waals surface area contributed by atoms with Crippen LogP contribution in [0, 0.1) is 17.8 Å². The van der Waals surface area contributed by atoms with Gasteiger partial charge in [-0.1, -0.05) is 27.7 Å². The molecule has 0 rings (SSSR count). The van der Waals surface area contributed by atoms with Crippen LogP contribution in [-0.4, -0.2) is 5.24 Å². The van der Waals surface area contributed by atoms with Gasteiger partial charge in [-0.25, -0.2) is 0 Å². The molecular weight excluding hydrogens is 172 g/mol. The van der Waals surface area contributed by atoms with E-state index in [1.54, 1.807) is 0 Å². The lowest BCUT2D eigenvalue weighted by Gasteiger charge is -2.16. The molecule has 0 aliphatic rings. The lowest BCUT2D eigenvalue weighted by Crippen LogP contribution is -2.14. The highest BCUT2D eigenvalue weighted by molar-refractivity contribution is 6.63. The zero-order chi connectivity index (χ0) is 9.72. The highest BCUT2D eigenvalue weighted by Gasteiger charge is 2.18. The summed E-state index contributed by atoms with van der Waals surface area (Å²) in [5.41, 5.74) is 0. The second-order valence-electron chi connectivity index (χ2n) is 4.26. The van der Waals surface area contributed by atoms with E-state index in [1.807, 2.05) is 0 Å². The molecule has 0 aliphatic carbocycles. The Hall–Kier alpha value is -0.0400. The Bertz CT molecular complexity index is 131. The monoisotopic (exact) mass is 190 g/mol. The molecule has 0 aromatic carbocycles. The van der Waals surface area contributed by atoms with Gasteiger partial charge in [0.2, 0.25) is 5.24 Å². The molecule has 0 saturated carbocycles. The van der Waals surface area contributed by atoms with E-state index in [9.17, 15) is 4.79 Å². The minimum absolute atomic E-state index is 0.0617. The molecule has 1 nitrogen and oxygen atoms in total. The Morgan fingerprint density at radius 2 is 1.42 bits per heavy atom. The number of rotatable bonds is 5. The van der Waals surface area contributed by atoms with Crippen LogP contribution in [0.5, 0.6) is 0 Å². The fourth-order valence-corrected chi connectivity index (χ4v) is 1.60. The van der Waals surface area contributed by atoms with E-state index >= 15 is 0 Å². The predicted octanol–water partition coefficient (Wildman–Crippen LogP) is 3.46. The van der Waals surface area contributed by atoms with Crippen LogP contribution in [0.15, 0.2) is 0 Å². The smallest absolute Gasteiger partial charge is 0.224 e.